The van der Waals surface area contributed by atoms with Crippen LogP contribution in [0.25, 0.3) is 0 Å². The van der Waals surface area contributed by atoms with Gasteiger partial charge >= 0.3 is 0 Å². The predicted octanol–water partition coefficient (Wildman–Crippen LogP) is -0.580. The van der Waals surface area contributed by atoms with Gasteiger partial charge in [0.25, 0.3) is 0 Å². The fraction of sp³-hybridized carbons (Fsp3) is 0.857. The highest BCUT2D eigenvalue weighted by molar-refractivity contribution is 4.85. The Balaban J connectivity index is 2.87. The third-order valence-corrected chi connectivity index (χ3v) is 1.55. The van der Waals surface area contributed by atoms with Gasteiger partial charge in [-0.05, 0) is 26.0 Å². The first kappa shape index (κ1) is 10.1. The van der Waals surface area contributed by atoms with E-state index in [1.165, 1.54) is 4.80 Å². The number of hydrogen-bond donors (Lipinski definition) is 2. The second kappa shape index (κ2) is 3.39. The molecule has 1 aromatic rings. The zero-order valence-electron chi connectivity index (χ0n) is 8.10. The van der Waals surface area contributed by atoms with Crippen molar-refractivity contribution in [3.8, 4) is 0 Å². The predicted molar refractivity (Wildman–Crippen MR) is 46.8 cm³/mol. The second-order valence-corrected chi connectivity index (χ2v) is 3.86. The average Bonchev–Trinajstić information content (AvgIpc) is 2.50. The Morgan fingerprint density at radius 1 is 1.54 bits per heavy atom. The molecule has 0 saturated carbocycles. The number of nitrogens with zero attached hydrogens (tertiary/aromatic N) is 4. The number of tetrazole rings is 1. The summed E-state index contributed by atoms with van der Waals surface area (Å²) in [6.07, 6.45) is -0.823. The summed E-state index contributed by atoms with van der Waals surface area (Å²) in [6, 6.07) is 0. The lowest BCUT2D eigenvalue weighted by molar-refractivity contribution is 0.175. The maximum atomic E-state index is 9.30. The van der Waals surface area contributed by atoms with Gasteiger partial charge in [-0.1, -0.05) is 0 Å². The Kier molecular flexibility index (Phi) is 2.63. The lowest BCUT2D eigenvalue weighted by atomic mass is 10.1. The first-order valence-corrected chi connectivity index (χ1v) is 4.13. The summed E-state index contributed by atoms with van der Waals surface area (Å²) in [5, 5.41) is 20.8. The van der Waals surface area contributed by atoms with Crippen molar-refractivity contribution in [2.24, 2.45) is 5.73 Å². The van der Waals surface area contributed by atoms with Crippen molar-refractivity contribution in [3.05, 3.63) is 5.82 Å². The van der Waals surface area contributed by atoms with Crippen LogP contribution in [0.4, 0.5) is 0 Å². The van der Waals surface area contributed by atoms with Crippen molar-refractivity contribution in [1.29, 1.82) is 0 Å². The quantitative estimate of drug-likeness (QED) is 0.643. The van der Waals surface area contributed by atoms with Gasteiger partial charge in [0, 0.05) is 6.54 Å². The van der Waals surface area contributed by atoms with Gasteiger partial charge in [-0.3, -0.25) is 0 Å². The van der Waals surface area contributed by atoms with Crippen LogP contribution in [0.15, 0.2) is 0 Å². The summed E-state index contributed by atoms with van der Waals surface area (Å²) < 4.78 is 0. The third kappa shape index (κ3) is 2.22. The molecular weight excluding hydrogens is 170 g/mol. The standard InChI is InChI=1S/C7H15N5O/c1-7(2,3)12-10-6(9-11-12)5(13)4-8/h5,13H,4,8H2,1-3H3/t5-/m0/s1. The van der Waals surface area contributed by atoms with Crippen LogP contribution in [0.2, 0.25) is 0 Å². The number of hydrogen-bond acceptors (Lipinski definition) is 5. The van der Waals surface area contributed by atoms with Crippen LogP contribution in [0.5, 0.6) is 0 Å². The fourth-order valence-corrected chi connectivity index (χ4v) is 0.748. The van der Waals surface area contributed by atoms with Crippen LogP contribution in [0.3, 0.4) is 0 Å². The van der Waals surface area contributed by atoms with Crippen molar-refractivity contribution < 1.29 is 5.11 Å². The molecule has 0 amide bonds. The van der Waals surface area contributed by atoms with E-state index in [0.29, 0.717) is 0 Å². The molecule has 1 heterocycles. The molecule has 74 valence electrons. The molecule has 0 radical (unpaired) electrons. The van der Waals surface area contributed by atoms with Crippen LogP contribution >= 0.6 is 0 Å². The highest BCUT2D eigenvalue weighted by Gasteiger charge is 2.19. The number of aliphatic hydroxyl groups is 1. The molecule has 1 rings (SSSR count). The van der Waals surface area contributed by atoms with Gasteiger partial charge in [0.2, 0.25) is 5.82 Å². The van der Waals surface area contributed by atoms with Gasteiger partial charge in [0.1, 0.15) is 6.10 Å². The molecule has 0 bridgehead atoms. The largest absolute Gasteiger partial charge is 0.384 e. The molecule has 6 nitrogen and oxygen atoms in total. The lowest BCUT2D eigenvalue weighted by Gasteiger charge is -2.15. The highest BCUT2D eigenvalue weighted by atomic mass is 16.3. The maximum absolute atomic E-state index is 9.30. The molecule has 0 fully saturated rings. The van der Waals surface area contributed by atoms with E-state index in [0.717, 1.165) is 0 Å². The van der Waals surface area contributed by atoms with Crippen LogP contribution in [-0.2, 0) is 5.54 Å². The lowest BCUT2D eigenvalue weighted by Crippen LogP contribution is -2.25. The molecule has 0 saturated heterocycles. The van der Waals surface area contributed by atoms with E-state index in [9.17, 15) is 5.11 Å². The minimum atomic E-state index is -0.823. The van der Waals surface area contributed by atoms with Gasteiger partial charge in [-0.15, -0.1) is 10.2 Å². The van der Waals surface area contributed by atoms with Gasteiger partial charge in [-0.25, -0.2) is 0 Å². The molecule has 1 atom stereocenters. The molecule has 0 aliphatic heterocycles. The SMILES string of the molecule is CC(C)(C)n1nnc([C@@H](O)CN)n1. The molecule has 3 N–H and O–H groups in total. The Labute approximate surface area is 76.7 Å². The molecule has 0 aliphatic carbocycles. The van der Waals surface area contributed by atoms with Crippen LogP contribution in [-0.4, -0.2) is 31.9 Å². The van der Waals surface area contributed by atoms with E-state index in [-0.39, 0.29) is 17.9 Å². The summed E-state index contributed by atoms with van der Waals surface area (Å²) in [6.45, 7) is 5.96. The van der Waals surface area contributed by atoms with Gasteiger partial charge in [0.05, 0.1) is 5.54 Å². The topological polar surface area (TPSA) is 89.8 Å². The van der Waals surface area contributed by atoms with E-state index in [1.807, 2.05) is 20.8 Å². The summed E-state index contributed by atoms with van der Waals surface area (Å²) in [5.41, 5.74) is 5.03. The first-order chi connectivity index (χ1) is 5.95. The normalized spacial score (nSPS) is 14.5. The molecular formula is C7H15N5O. The molecule has 0 aromatic carbocycles. The van der Waals surface area contributed by atoms with Crippen LogP contribution < -0.4 is 5.73 Å². The summed E-state index contributed by atoms with van der Waals surface area (Å²) in [5.74, 6) is 0.275. The summed E-state index contributed by atoms with van der Waals surface area (Å²) in [7, 11) is 0. The van der Waals surface area contributed by atoms with Crippen molar-refractivity contribution in [1.82, 2.24) is 20.2 Å². The second-order valence-electron chi connectivity index (χ2n) is 3.86. The van der Waals surface area contributed by atoms with E-state index in [1.54, 1.807) is 0 Å². The minimum absolute atomic E-state index is 0.107. The smallest absolute Gasteiger partial charge is 0.204 e. The van der Waals surface area contributed by atoms with Gasteiger partial charge in [0.15, 0.2) is 0 Å². The molecule has 0 spiro atoms. The fourth-order valence-electron chi connectivity index (χ4n) is 0.748. The Hall–Kier alpha value is -1.01. The zero-order chi connectivity index (χ0) is 10.1. The Bertz CT molecular complexity index is 277. The average molecular weight is 185 g/mol. The first-order valence-electron chi connectivity index (χ1n) is 4.13. The van der Waals surface area contributed by atoms with Crippen molar-refractivity contribution in [3.63, 3.8) is 0 Å². The van der Waals surface area contributed by atoms with E-state index < -0.39 is 6.10 Å². The van der Waals surface area contributed by atoms with Crippen molar-refractivity contribution >= 4 is 0 Å². The monoisotopic (exact) mass is 185 g/mol. The molecule has 0 unspecified atom stereocenters. The van der Waals surface area contributed by atoms with E-state index in [4.69, 9.17) is 5.73 Å². The highest BCUT2D eigenvalue weighted by Crippen LogP contribution is 2.11. The van der Waals surface area contributed by atoms with Crippen molar-refractivity contribution in [2.75, 3.05) is 6.54 Å². The molecule has 13 heavy (non-hydrogen) atoms. The molecule has 1 aromatic heterocycles. The number of nitrogens with two attached hydrogens (primary N) is 1. The Morgan fingerprint density at radius 3 is 2.54 bits per heavy atom. The molecule has 6 heteroatoms. The van der Waals surface area contributed by atoms with Crippen LogP contribution in [0.1, 0.15) is 32.7 Å². The van der Waals surface area contributed by atoms with Crippen molar-refractivity contribution in [2.45, 2.75) is 32.4 Å². The van der Waals surface area contributed by atoms with Gasteiger partial charge in [-0.2, -0.15) is 4.80 Å². The summed E-state index contributed by atoms with van der Waals surface area (Å²) in [4.78, 5) is 1.46. The van der Waals surface area contributed by atoms with Gasteiger partial charge < -0.3 is 10.8 Å². The van der Waals surface area contributed by atoms with Crippen LogP contribution in [0, 0.1) is 0 Å². The number of aromatic nitrogens is 4. The van der Waals surface area contributed by atoms with E-state index in [2.05, 4.69) is 15.4 Å². The third-order valence-electron chi connectivity index (χ3n) is 1.55. The van der Waals surface area contributed by atoms with E-state index >= 15 is 0 Å². The Morgan fingerprint density at radius 2 is 2.15 bits per heavy atom. The number of rotatable bonds is 2. The molecule has 0 aliphatic rings. The number of aliphatic hydroxyl groups excluding tert-OH is 1. The zero-order valence-corrected chi connectivity index (χ0v) is 8.10. The maximum Gasteiger partial charge on any atom is 0.204 e. The minimum Gasteiger partial charge on any atom is -0.384 e. The summed E-state index contributed by atoms with van der Waals surface area (Å²) >= 11 is 0.